The lowest BCUT2D eigenvalue weighted by atomic mass is 10.2. The number of rotatable bonds is 9. The summed E-state index contributed by atoms with van der Waals surface area (Å²) in [7, 11) is 1.59. The summed E-state index contributed by atoms with van der Waals surface area (Å²) < 4.78 is 15.7. The second-order valence-electron chi connectivity index (χ2n) is 4.37. The first-order chi connectivity index (χ1) is 9.56. The van der Waals surface area contributed by atoms with Crippen molar-refractivity contribution in [1.82, 2.24) is 0 Å². The highest BCUT2D eigenvalue weighted by Gasteiger charge is 2.10. The largest absolute Gasteiger partial charge is 0.489 e. The summed E-state index contributed by atoms with van der Waals surface area (Å²) in [6.07, 6.45) is -0.156. The minimum absolute atomic E-state index is 0.0554. The molecular weight excluding hydrogens is 284 g/mol. The van der Waals surface area contributed by atoms with Crippen LogP contribution in [0.15, 0.2) is 18.2 Å². The molecule has 20 heavy (non-hydrogen) atoms. The van der Waals surface area contributed by atoms with E-state index >= 15 is 0 Å². The lowest BCUT2D eigenvalue weighted by Gasteiger charge is -2.16. The molecule has 1 rings (SSSR count). The van der Waals surface area contributed by atoms with Crippen molar-refractivity contribution in [2.45, 2.75) is 19.1 Å². The molecule has 0 aliphatic heterocycles. The molecule has 6 heteroatoms. The lowest BCUT2D eigenvalue weighted by Crippen LogP contribution is -2.27. The van der Waals surface area contributed by atoms with Crippen LogP contribution >= 0.6 is 11.6 Å². The van der Waals surface area contributed by atoms with Gasteiger partial charge in [0.25, 0.3) is 0 Å². The fraction of sp³-hybridized carbons (Fsp3) is 0.500. The summed E-state index contributed by atoms with van der Waals surface area (Å²) in [5.41, 5.74) is 0.472. The minimum Gasteiger partial charge on any atom is -0.489 e. The zero-order valence-corrected chi connectivity index (χ0v) is 12.3. The van der Waals surface area contributed by atoms with Crippen molar-refractivity contribution in [2.75, 3.05) is 26.9 Å². The topological polar surface area (TPSA) is 65.0 Å². The van der Waals surface area contributed by atoms with E-state index in [9.17, 15) is 9.90 Å². The van der Waals surface area contributed by atoms with E-state index < -0.39 is 6.10 Å². The van der Waals surface area contributed by atoms with Gasteiger partial charge < -0.3 is 19.3 Å². The molecule has 112 valence electrons. The highest BCUT2D eigenvalue weighted by atomic mass is 35.5. The van der Waals surface area contributed by atoms with Crippen LogP contribution in [-0.4, -0.2) is 50.5 Å². The Morgan fingerprint density at radius 1 is 1.35 bits per heavy atom. The normalized spacial score (nSPS) is 13.8. The van der Waals surface area contributed by atoms with Gasteiger partial charge in [-0.05, 0) is 25.1 Å². The fourth-order valence-corrected chi connectivity index (χ4v) is 1.74. The molecule has 0 bridgehead atoms. The molecule has 2 atom stereocenters. The van der Waals surface area contributed by atoms with E-state index in [2.05, 4.69) is 0 Å². The lowest BCUT2D eigenvalue weighted by molar-refractivity contribution is -0.0422. The summed E-state index contributed by atoms with van der Waals surface area (Å²) in [6.45, 7) is 2.52. The Hall–Kier alpha value is -1.14. The summed E-state index contributed by atoms with van der Waals surface area (Å²) in [5, 5.41) is 10.1. The molecule has 0 aliphatic rings. The molecule has 0 amide bonds. The Labute approximate surface area is 123 Å². The third kappa shape index (κ3) is 5.88. The van der Waals surface area contributed by atoms with Gasteiger partial charge in [-0.3, -0.25) is 4.79 Å². The van der Waals surface area contributed by atoms with Gasteiger partial charge in [-0.1, -0.05) is 11.6 Å². The van der Waals surface area contributed by atoms with Gasteiger partial charge in [-0.15, -0.1) is 0 Å². The minimum atomic E-state index is -0.767. The highest BCUT2D eigenvalue weighted by molar-refractivity contribution is 6.32. The maximum Gasteiger partial charge on any atom is 0.150 e. The molecule has 0 saturated heterocycles. The predicted molar refractivity (Wildman–Crippen MR) is 75.6 cm³/mol. The number of aldehydes is 1. The average Bonchev–Trinajstić information content (AvgIpc) is 2.44. The second-order valence-corrected chi connectivity index (χ2v) is 4.78. The van der Waals surface area contributed by atoms with Crippen molar-refractivity contribution in [3.05, 3.63) is 28.8 Å². The molecule has 2 unspecified atom stereocenters. The van der Waals surface area contributed by atoms with Crippen molar-refractivity contribution in [3.8, 4) is 5.75 Å². The van der Waals surface area contributed by atoms with Crippen LogP contribution in [0.3, 0.4) is 0 Å². The molecule has 1 aromatic carbocycles. The average molecular weight is 303 g/mol. The summed E-state index contributed by atoms with van der Waals surface area (Å²) in [6, 6.07) is 4.69. The third-order valence-corrected chi connectivity index (χ3v) is 2.79. The molecule has 0 aliphatic carbocycles. The molecule has 1 N–H and O–H groups in total. The molecule has 5 nitrogen and oxygen atoms in total. The Bertz CT molecular complexity index is 424. The Balaban J connectivity index is 2.37. The number of hydrogen-bond donors (Lipinski definition) is 1. The Morgan fingerprint density at radius 3 is 2.70 bits per heavy atom. The molecule has 0 radical (unpaired) electrons. The van der Waals surface area contributed by atoms with E-state index in [0.29, 0.717) is 29.2 Å². The van der Waals surface area contributed by atoms with Crippen molar-refractivity contribution >= 4 is 17.9 Å². The van der Waals surface area contributed by atoms with Crippen LogP contribution in [0.4, 0.5) is 0 Å². The summed E-state index contributed by atoms with van der Waals surface area (Å²) in [4.78, 5) is 10.6. The molecule has 0 fully saturated rings. The number of methoxy groups -OCH3 is 1. The fourth-order valence-electron chi connectivity index (χ4n) is 1.50. The van der Waals surface area contributed by atoms with Crippen LogP contribution in [0.5, 0.6) is 5.75 Å². The first-order valence-corrected chi connectivity index (χ1v) is 6.60. The predicted octanol–water partition coefficient (Wildman–Crippen LogP) is 1.94. The van der Waals surface area contributed by atoms with Gasteiger partial charge in [0, 0.05) is 12.7 Å². The van der Waals surface area contributed by atoms with E-state index in [1.807, 2.05) is 6.92 Å². The second kappa shape index (κ2) is 8.92. The van der Waals surface area contributed by atoms with Crippen molar-refractivity contribution < 1.29 is 24.1 Å². The number of benzene rings is 1. The number of hydrogen-bond acceptors (Lipinski definition) is 5. The van der Waals surface area contributed by atoms with Crippen molar-refractivity contribution in [2.24, 2.45) is 0 Å². The van der Waals surface area contributed by atoms with Crippen LogP contribution in [-0.2, 0) is 9.47 Å². The quantitative estimate of drug-likeness (QED) is 0.706. The monoisotopic (exact) mass is 302 g/mol. The molecule has 0 saturated carbocycles. The number of carbonyl (C=O) groups is 1. The smallest absolute Gasteiger partial charge is 0.150 e. The number of aliphatic hydroxyl groups excluding tert-OH is 1. The van der Waals surface area contributed by atoms with E-state index in [1.165, 1.54) is 6.07 Å². The first kappa shape index (κ1) is 16.9. The van der Waals surface area contributed by atoms with Gasteiger partial charge in [0.2, 0.25) is 0 Å². The van der Waals surface area contributed by atoms with E-state index in [4.69, 9.17) is 25.8 Å². The van der Waals surface area contributed by atoms with Crippen molar-refractivity contribution in [3.63, 3.8) is 0 Å². The Morgan fingerprint density at radius 2 is 2.10 bits per heavy atom. The van der Waals surface area contributed by atoms with Gasteiger partial charge in [0.15, 0.2) is 0 Å². The molecule has 0 aromatic heterocycles. The van der Waals surface area contributed by atoms with Crippen LogP contribution in [0, 0.1) is 0 Å². The van der Waals surface area contributed by atoms with Crippen molar-refractivity contribution in [1.29, 1.82) is 0 Å². The van der Waals surface area contributed by atoms with Crippen LogP contribution in [0.1, 0.15) is 17.3 Å². The van der Waals surface area contributed by atoms with Crippen LogP contribution in [0.2, 0.25) is 5.02 Å². The molecule has 0 heterocycles. The number of aliphatic hydroxyl groups is 1. The van der Waals surface area contributed by atoms with Gasteiger partial charge >= 0.3 is 0 Å². The van der Waals surface area contributed by atoms with Crippen LogP contribution in [0.25, 0.3) is 0 Å². The zero-order chi connectivity index (χ0) is 15.0. The highest BCUT2D eigenvalue weighted by Crippen LogP contribution is 2.25. The maximum atomic E-state index is 10.6. The first-order valence-electron chi connectivity index (χ1n) is 6.23. The number of halogens is 1. The Kier molecular flexibility index (Phi) is 7.54. The zero-order valence-electron chi connectivity index (χ0n) is 11.5. The SMILES string of the molecule is COCC(C)OCC(O)COc1ccc(C=O)cc1Cl. The van der Waals surface area contributed by atoms with Crippen LogP contribution < -0.4 is 4.74 Å². The standard InChI is InChI=1S/C14H19ClO5/c1-10(7-18-2)19-8-12(17)9-20-14-4-3-11(6-16)5-13(14)15/h3-6,10,12,17H,7-9H2,1-2H3. The van der Waals surface area contributed by atoms with E-state index in [1.54, 1.807) is 19.2 Å². The number of ether oxygens (including phenoxy) is 3. The summed E-state index contributed by atoms with van der Waals surface area (Å²) >= 11 is 5.95. The van der Waals surface area contributed by atoms with E-state index in [0.717, 1.165) is 0 Å². The maximum absolute atomic E-state index is 10.6. The molecular formula is C14H19ClO5. The molecule has 1 aromatic rings. The summed E-state index contributed by atoms with van der Waals surface area (Å²) in [5.74, 6) is 0.418. The van der Waals surface area contributed by atoms with Gasteiger partial charge in [0.1, 0.15) is 24.7 Å². The van der Waals surface area contributed by atoms with Gasteiger partial charge in [-0.25, -0.2) is 0 Å². The molecule has 0 spiro atoms. The van der Waals surface area contributed by atoms with E-state index in [-0.39, 0.29) is 19.3 Å². The number of carbonyl (C=O) groups excluding carboxylic acids is 1. The van der Waals surface area contributed by atoms with Gasteiger partial charge in [-0.2, -0.15) is 0 Å². The third-order valence-electron chi connectivity index (χ3n) is 2.50. The van der Waals surface area contributed by atoms with Gasteiger partial charge in [0.05, 0.1) is 24.3 Å².